The third-order valence-electron chi connectivity index (χ3n) is 7.16. The van der Waals surface area contributed by atoms with Crippen LogP contribution in [0.5, 0.6) is 5.75 Å². The van der Waals surface area contributed by atoms with Crippen LogP contribution in [0.15, 0.2) is 42.5 Å². The van der Waals surface area contributed by atoms with Gasteiger partial charge in [0.05, 0.1) is 6.04 Å². The molecule has 1 saturated carbocycles. The van der Waals surface area contributed by atoms with E-state index in [1.807, 2.05) is 29.7 Å². The molecule has 34 heavy (non-hydrogen) atoms. The molecule has 5 rings (SSSR count). The van der Waals surface area contributed by atoms with Crippen LogP contribution in [0.4, 0.5) is 0 Å². The number of aryl methyl sites for hydroxylation is 1. The van der Waals surface area contributed by atoms with Crippen molar-refractivity contribution in [2.24, 2.45) is 5.92 Å². The lowest BCUT2D eigenvalue weighted by molar-refractivity contribution is -0.138. The summed E-state index contributed by atoms with van der Waals surface area (Å²) < 4.78 is 6.31. The molecule has 0 unspecified atom stereocenters. The fourth-order valence-corrected chi connectivity index (χ4v) is 6.03. The minimum atomic E-state index is -0.480. The van der Waals surface area contributed by atoms with Gasteiger partial charge in [0.2, 0.25) is 5.91 Å². The Hall–Kier alpha value is -2.47. The summed E-state index contributed by atoms with van der Waals surface area (Å²) in [7, 11) is 0. The standard InChI is InChI=1S/C28H34N2O3S/c1-3-25(28(32)29-13-15-34-16-14-29)33-23-10-9-20-11-12-30(27(31)21-7-8-21)26(24(20)18-23)22-6-4-5-19(2)17-22/h4-6,9-10,17-18,21,25-26H,3,7-8,11-16H2,1-2H3/t25-,26+/m0/s1. The smallest absolute Gasteiger partial charge is 0.263 e. The summed E-state index contributed by atoms with van der Waals surface area (Å²) in [5, 5.41) is 0. The van der Waals surface area contributed by atoms with Crippen LogP contribution < -0.4 is 4.74 Å². The number of hydrogen-bond acceptors (Lipinski definition) is 4. The zero-order chi connectivity index (χ0) is 23.7. The maximum atomic E-state index is 13.3. The Kier molecular flexibility index (Phi) is 6.87. The SMILES string of the molecule is CC[C@H](Oc1ccc2c(c1)[C@@H](c1cccc(C)c1)N(C(=O)C1CC1)CC2)C(=O)N1CCSCC1. The van der Waals surface area contributed by atoms with Gasteiger partial charge in [-0.25, -0.2) is 0 Å². The summed E-state index contributed by atoms with van der Waals surface area (Å²) in [6.07, 6.45) is 3.00. The molecule has 0 bridgehead atoms. The van der Waals surface area contributed by atoms with Crippen LogP contribution in [-0.2, 0) is 16.0 Å². The fraction of sp³-hybridized carbons (Fsp3) is 0.500. The largest absolute Gasteiger partial charge is 0.481 e. The molecular weight excluding hydrogens is 444 g/mol. The first-order valence-corrected chi connectivity index (χ1v) is 13.7. The third-order valence-corrected chi connectivity index (χ3v) is 8.10. The molecule has 2 fully saturated rings. The van der Waals surface area contributed by atoms with E-state index >= 15 is 0 Å². The second kappa shape index (κ2) is 10.0. The van der Waals surface area contributed by atoms with Gasteiger partial charge in [-0.2, -0.15) is 11.8 Å². The number of carbonyl (C=O) groups is 2. The van der Waals surface area contributed by atoms with E-state index in [0.29, 0.717) is 12.2 Å². The number of rotatable bonds is 6. The van der Waals surface area contributed by atoms with Gasteiger partial charge in [0, 0.05) is 37.1 Å². The molecule has 5 nitrogen and oxygen atoms in total. The van der Waals surface area contributed by atoms with Crippen molar-refractivity contribution in [3.05, 3.63) is 64.7 Å². The highest BCUT2D eigenvalue weighted by molar-refractivity contribution is 7.99. The predicted octanol–water partition coefficient (Wildman–Crippen LogP) is 4.61. The van der Waals surface area contributed by atoms with Crippen LogP contribution in [0.25, 0.3) is 0 Å². The van der Waals surface area contributed by atoms with Crippen LogP contribution in [0, 0.1) is 12.8 Å². The van der Waals surface area contributed by atoms with E-state index in [9.17, 15) is 9.59 Å². The highest BCUT2D eigenvalue weighted by Crippen LogP contribution is 2.41. The van der Waals surface area contributed by atoms with E-state index in [0.717, 1.165) is 61.5 Å². The van der Waals surface area contributed by atoms with Gasteiger partial charge in [0.25, 0.3) is 5.91 Å². The molecule has 6 heteroatoms. The minimum Gasteiger partial charge on any atom is -0.481 e. The Balaban J connectivity index is 1.45. The molecular formula is C28H34N2O3S. The van der Waals surface area contributed by atoms with Crippen LogP contribution in [0.2, 0.25) is 0 Å². The number of amides is 2. The molecule has 3 aliphatic rings. The number of thioether (sulfide) groups is 1. The Morgan fingerprint density at radius 1 is 1.09 bits per heavy atom. The lowest BCUT2D eigenvalue weighted by atomic mass is 9.87. The molecule has 1 saturated heterocycles. The summed E-state index contributed by atoms with van der Waals surface area (Å²) in [6.45, 7) is 6.42. The van der Waals surface area contributed by atoms with Crippen molar-refractivity contribution in [2.75, 3.05) is 31.1 Å². The minimum absolute atomic E-state index is 0.0845. The van der Waals surface area contributed by atoms with Crippen molar-refractivity contribution in [3.8, 4) is 5.75 Å². The Morgan fingerprint density at radius 3 is 2.59 bits per heavy atom. The molecule has 2 heterocycles. The average Bonchev–Trinajstić information content (AvgIpc) is 3.72. The van der Waals surface area contributed by atoms with Crippen molar-refractivity contribution in [2.45, 2.75) is 51.7 Å². The van der Waals surface area contributed by atoms with Crippen molar-refractivity contribution in [1.82, 2.24) is 9.80 Å². The molecule has 2 atom stereocenters. The van der Waals surface area contributed by atoms with Gasteiger partial charge in [-0.15, -0.1) is 0 Å². The van der Waals surface area contributed by atoms with E-state index in [4.69, 9.17) is 4.74 Å². The lowest BCUT2D eigenvalue weighted by Crippen LogP contribution is -2.45. The molecule has 0 aromatic heterocycles. The van der Waals surface area contributed by atoms with Crippen LogP contribution in [0.3, 0.4) is 0 Å². The monoisotopic (exact) mass is 478 g/mol. The zero-order valence-corrected chi connectivity index (χ0v) is 21.0. The summed E-state index contributed by atoms with van der Waals surface area (Å²) in [4.78, 5) is 30.4. The molecule has 0 spiro atoms. The van der Waals surface area contributed by atoms with Gasteiger partial charge < -0.3 is 14.5 Å². The maximum Gasteiger partial charge on any atom is 0.263 e. The van der Waals surface area contributed by atoms with Gasteiger partial charge in [0.1, 0.15) is 5.75 Å². The normalized spacial score (nSPS) is 21.1. The van der Waals surface area contributed by atoms with Crippen LogP contribution in [0.1, 0.15) is 54.5 Å². The Labute approximate surface area is 206 Å². The highest BCUT2D eigenvalue weighted by atomic mass is 32.2. The van der Waals surface area contributed by atoms with E-state index in [1.165, 1.54) is 11.1 Å². The van der Waals surface area contributed by atoms with Gasteiger partial charge in [-0.05, 0) is 61.4 Å². The van der Waals surface area contributed by atoms with Crippen molar-refractivity contribution in [1.29, 1.82) is 0 Å². The van der Waals surface area contributed by atoms with Crippen molar-refractivity contribution in [3.63, 3.8) is 0 Å². The number of nitrogens with zero attached hydrogens (tertiary/aromatic N) is 2. The number of carbonyl (C=O) groups excluding carboxylic acids is 2. The van der Waals surface area contributed by atoms with E-state index in [-0.39, 0.29) is 23.8 Å². The summed E-state index contributed by atoms with van der Waals surface area (Å²) >= 11 is 1.90. The molecule has 2 amide bonds. The second-order valence-electron chi connectivity index (χ2n) is 9.69. The van der Waals surface area contributed by atoms with Crippen molar-refractivity contribution < 1.29 is 14.3 Å². The quantitative estimate of drug-likeness (QED) is 0.608. The number of hydrogen-bond donors (Lipinski definition) is 0. The molecule has 180 valence electrons. The molecule has 2 aromatic rings. The van der Waals surface area contributed by atoms with Crippen LogP contribution >= 0.6 is 11.8 Å². The lowest BCUT2D eigenvalue weighted by Gasteiger charge is -2.38. The van der Waals surface area contributed by atoms with E-state index in [1.54, 1.807) is 0 Å². The first kappa shape index (κ1) is 23.3. The van der Waals surface area contributed by atoms with Gasteiger partial charge in [0.15, 0.2) is 6.10 Å². The predicted molar refractivity (Wildman–Crippen MR) is 136 cm³/mol. The Morgan fingerprint density at radius 2 is 1.88 bits per heavy atom. The first-order valence-electron chi connectivity index (χ1n) is 12.6. The molecule has 2 aliphatic heterocycles. The van der Waals surface area contributed by atoms with Crippen molar-refractivity contribution >= 4 is 23.6 Å². The second-order valence-corrected chi connectivity index (χ2v) is 10.9. The van der Waals surface area contributed by atoms with Gasteiger partial charge in [-0.1, -0.05) is 42.8 Å². The third kappa shape index (κ3) is 4.83. The maximum absolute atomic E-state index is 13.3. The summed E-state index contributed by atoms with van der Waals surface area (Å²) in [5.74, 6) is 3.23. The molecule has 0 radical (unpaired) electrons. The van der Waals surface area contributed by atoms with Crippen LogP contribution in [-0.4, -0.2) is 58.9 Å². The molecule has 1 aliphatic carbocycles. The molecule has 2 aromatic carbocycles. The van der Waals surface area contributed by atoms with E-state index in [2.05, 4.69) is 48.2 Å². The number of fused-ring (bicyclic) bond motifs is 1. The van der Waals surface area contributed by atoms with Gasteiger partial charge >= 0.3 is 0 Å². The van der Waals surface area contributed by atoms with E-state index < -0.39 is 6.10 Å². The zero-order valence-electron chi connectivity index (χ0n) is 20.2. The summed E-state index contributed by atoms with van der Waals surface area (Å²) in [5.41, 5.74) is 4.71. The first-order chi connectivity index (χ1) is 16.5. The Bertz CT molecular complexity index is 1060. The number of ether oxygens (including phenoxy) is 1. The number of benzene rings is 2. The fourth-order valence-electron chi connectivity index (χ4n) is 5.13. The highest BCUT2D eigenvalue weighted by Gasteiger charge is 2.39. The van der Waals surface area contributed by atoms with Gasteiger partial charge in [-0.3, -0.25) is 9.59 Å². The topological polar surface area (TPSA) is 49.9 Å². The summed E-state index contributed by atoms with van der Waals surface area (Å²) in [6, 6.07) is 14.6. The average molecular weight is 479 g/mol. The molecule has 0 N–H and O–H groups in total.